The summed E-state index contributed by atoms with van der Waals surface area (Å²) in [6.45, 7) is 0. The molecule has 1 unspecified atom stereocenters. The number of ketones is 1. The second-order valence-corrected chi connectivity index (χ2v) is 8.49. The lowest BCUT2D eigenvalue weighted by molar-refractivity contribution is -0.252. The average Bonchev–Trinajstić information content (AvgIpc) is 2.87. The van der Waals surface area contributed by atoms with Crippen LogP contribution in [-0.2, 0) is 9.53 Å². The molecule has 2 saturated carbocycles. The summed E-state index contributed by atoms with van der Waals surface area (Å²) in [6.07, 6.45) is -3.76. The minimum atomic E-state index is -2.92. The van der Waals surface area contributed by atoms with Gasteiger partial charge in [-0.05, 0) is 0 Å². The quantitative estimate of drug-likeness (QED) is 0.344. The lowest BCUT2D eigenvalue weighted by atomic mass is 9.65. The predicted molar refractivity (Wildman–Crippen MR) is 104 cm³/mol. The van der Waals surface area contributed by atoms with Gasteiger partial charge in [0.1, 0.15) is 34.9 Å². The zero-order valence-electron chi connectivity index (χ0n) is 16.8. The number of rotatable bonds is 4. The molecule has 0 spiro atoms. The molecule has 1 aromatic carbocycles. The third-order valence-electron chi connectivity index (χ3n) is 6.99. The summed E-state index contributed by atoms with van der Waals surface area (Å²) in [6, 6.07) is 9.75. The molecule has 2 aromatic rings. The standard InChI is InChI=1S/C22H20O10/c1-30-11-7-12(31-14(23)8-11)16-20(27)9-13-18(25)21(16,28)17(22(20,29)19(26)32-13)15(24)10-5-3-2-4-6-10/h2-8,13,16-18,25,27-29H,9H2,1H3/t13-,16-,17+,18?,20-,21-,22-/m1/s1. The van der Waals surface area contributed by atoms with Crippen molar-refractivity contribution in [1.82, 2.24) is 0 Å². The summed E-state index contributed by atoms with van der Waals surface area (Å²) < 4.78 is 15.4. The fourth-order valence-electron chi connectivity index (χ4n) is 5.68. The van der Waals surface area contributed by atoms with Crippen molar-refractivity contribution in [2.75, 3.05) is 7.11 Å². The van der Waals surface area contributed by atoms with Crippen LogP contribution in [0, 0.1) is 5.92 Å². The van der Waals surface area contributed by atoms with Crippen LogP contribution in [0.15, 0.2) is 51.7 Å². The van der Waals surface area contributed by atoms with Crippen LogP contribution in [0.25, 0.3) is 0 Å². The maximum atomic E-state index is 13.5. The summed E-state index contributed by atoms with van der Waals surface area (Å²) in [7, 11) is 1.28. The Morgan fingerprint density at radius 1 is 1.12 bits per heavy atom. The zero-order chi connectivity index (χ0) is 23.1. The van der Waals surface area contributed by atoms with Crippen molar-refractivity contribution in [3.05, 3.63) is 64.2 Å². The summed E-state index contributed by atoms with van der Waals surface area (Å²) in [4.78, 5) is 38.5. The monoisotopic (exact) mass is 444 g/mol. The third kappa shape index (κ3) is 2.29. The van der Waals surface area contributed by atoms with E-state index in [2.05, 4.69) is 0 Å². The van der Waals surface area contributed by atoms with E-state index in [-0.39, 0.29) is 17.1 Å². The van der Waals surface area contributed by atoms with Crippen molar-refractivity contribution in [2.45, 2.75) is 41.3 Å². The number of fused-ring (bicyclic) bond motifs is 2. The largest absolute Gasteiger partial charge is 0.496 e. The van der Waals surface area contributed by atoms with Gasteiger partial charge in [-0.15, -0.1) is 0 Å². The van der Waals surface area contributed by atoms with E-state index in [9.17, 15) is 34.8 Å². The molecule has 10 nitrogen and oxygen atoms in total. The summed E-state index contributed by atoms with van der Waals surface area (Å²) in [5.74, 6) is -6.31. The highest BCUT2D eigenvalue weighted by Gasteiger charge is 2.88. The number of carbonyl (C=O) groups excluding carboxylic acids is 2. The molecule has 7 atom stereocenters. The number of hydrogen-bond acceptors (Lipinski definition) is 10. The number of esters is 1. The van der Waals surface area contributed by atoms with Crippen molar-refractivity contribution >= 4 is 11.8 Å². The van der Waals surface area contributed by atoms with Crippen molar-refractivity contribution in [3.63, 3.8) is 0 Å². The van der Waals surface area contributed by atoms with Gasteiger partial charge < -0.3 is 34.3 Å². The second-order valence-electron chi connectivity index (χ2n) is 8.49. The minimum Gasteiger partial charge on any atom is -0.496 e. The second kappa shape index (κ2) is 6.48. The van der Waals surface area contributed by atoms with Gasteiger partial charge >= 0.3 is 11.6 Å². The van der Waals surface area contributed by atoms with Crippen LogP contribution in [0.3, 0.4) is 0 Å². The van der Waals surface area contributed by atoms with E-state index in [4.69, 9.17) is 13.9 Å². The number of Topliss-reactive ketones (excluding diaryl/α,β-unsaturated/α-hetero) is 1. The van der Waals surface area contributed by atoms with Crippen LogP contribution in [0.1, 0.15) is 28.5 Å². The van der Waals surface area contributed by atoms with Gasteiger partial charge in [-0.3, -0.25) is 4.79 Å². The number of aliphatic hydroxyl groups excluding tert-OH is 1. The fourth-order valence-corrected chi connectivity index (χ4v) is 5.68. The molecule has 3 bridgehead atoms. The first-order valence-electron chi connectivity index (χ1n) is 9.93. The smallest absolute Gasteiger partial charge is 0.342 e. The topological polar surface area (TPSA) is 164 Å². The van der Waals surface area contributed by atoms with Gasteiger partial charge in [0.25, 0.3) is 0 Å². The lowest BCUT2D eigenvalue weighted by Crippen LogP contribution is -2.69. The van der Waals surface area contributed by atoms with Crippen LogP contribution in [0.5, 0.6) is 5.75 Å². The molecule has 32 heavy (non-hydrogen) atoms. The fraction of sp³-hybridized carbons (Fsp3) is 0.409. The molecule has 1 aromatic heterocycles. The SMILES string of the molecule is COc1cc([C@H]2[C@]3(O)C(O)[C@H]4C[C@]2(O)[C@](O)(C(=O)O4)[C@H]3C(=O)c2ccccc2)oc(=O)c1. The van der Waals surface area contributed by atoms with Gasteiger partial charge in [0.15, 0.2) is 5.78 Å². The Morgan fingerprint density at radius 2 is 1.81 bits per heavy atom. The van der Waals surface area contributed by atoms with Crippen molar-refractivity contribution < 1.29 is 43.9 Å². The number of hydrogen-bond donors (Lipinski definition) is 4. The van der Waals surface area contributed by atoms with E-state index in [1.54, 1.807) is 18.2 Å². The molecular formula is C22H20O10. The Bertz CT molecular complexity index is 1170. The van der Waals surface area contributed by atoms with E-state index in [1.165, 1.54) is 25.3 Å². The molecule has 3 fully saturated rings. The van der Waals surface area contributed by atoms with Gasteiger partial charge in [0.05, 0.1) is 25.0 Å². The number of benzene rings is 1. The molecule has 0 radical (unpaired) electrons. The molecular weight excluding hydrogens is 424 g/mol. The molecule has 3 aliphatic rings. The number of aliphatic hydroxyl groups is 4. The van der Waals surface area contributed by atoms with E-state index in [1.807, 2.05) is 0 Å². The van der Waals surface area contributed by atoms with Gasteiger partial charge in [0, 0.05) is 18.1 Å². The molecule has 168 valence electrons. The summed E-state index contributed by atoms with van der Waals surface area (Å²) >= 11 is 0. The van der Waals surface area contributed by atoms with E-state index >= 15 is 0 Å². The predicted octanol–water partition coefficient (Wildman–Crippen LogP) is -0.872. The Kier molecular flexibility index (Phi) is 4.22. The molecule has 1 saturated heterocycles. The molecule has 5 rings (SSSR count). The molecule has 1 aliphatic heterocycles. The third-order valence-corrected chi connectivity index (χ3v) is 6.99. The number of carbonyl (C=O) groups is 2. The maximum Gasteiger partial charge on any atom is 0.342 e. The molecule has 0 amide bonds. The Labute approximate surface area is 180 Å². The Morgan fingerprint density at radius 3 is 2.47 bits per heavy atom. The maximum absolute atomic E-state index is 13.5. The highest BCUT2D eigenvalue weighted by atomic mass is 16.6. The van der Waals surface area contributed by atoms with Crippen molar-refractivity contribution in [1.29, 1.82) is 0 Å². The minimum absolute atomic E-state index is 0.0218. The highest BCUT2D eigenvalue weighted by Crippen LogP contribution is 2.67. The first-order valence-corrected chi connectivity index (χ1v) is 9.93. The van der Waals surface area contributed by atoms with Crippen LogP contribution in [-0.4, -0.2) is 68.3 Å². The molecule has 2 heterocycles. The molecule has 2 aliphatic carbocycles. The van der Waals surface area contributed by atoms with E-state index in [0.717, 1.165) is 6.07 Å². The van der Waals surface area contributed by atoms with Crippen LogP contribution in [0.2, 0.25) is 0 Å². The average molecular weight is 444 g/mol. The zero-order valence-corrected chi connectivity index (χ0v) is 16.8. The van der Waals surface area contributed by atoms with Gasteiger partial charge in [0.2, 0.25) is 5.60 Å². The number of ether oxygens (including phenoxy) is 2. The van der Waals surface area contributed by atoms with Crippen LogP contribution in [0.4, 0.5) is 0 Å². The number of methoxy groups -OCH3 is 1. The van der Waals surface area contributed by atoms with Gasteiger partial charge in [-0.1, -0.05) is 30.3 Å². The first kappa shape index (κ1) is 20.8. The Hall–Kier alpha value is -3.05. The molecule has 4 N–H and O–H groups in total. The first-order chi connectivity index (χ1) is 15.1. The summed E-state index contributed by atoms with van der Waals surface area (Å²) in [5.41, 5.74) is -8.89. The van der Waals surface area contributed by atoms with Crippen LogP contribution < -0.4 is 10.4 Å². The normalized spacial score (nSPS) is 39.6. The lowest BCUT2D eigenvalue weighted by Gasteiger charge is -2.50. The van der Waals surface area contributed by atoms with Gasteiger partial charge in [-0.25, -0.2) is 9.59 Å². The van der Waals surface area contributed by atoms with E-state index in [0.29, 0.717) is 0 Å². The van der Waals surface area contributed by atoms with E-state index < -0.39 is 64.6 Å². The molecule has 10 heteroatoms. The highest BCUT2D eigenvalue weighted by molar-refractivity contribution is 6.05. The van der Waals surface area contributed by atoms with Crippen LogP contribution >= 0.6 is 0 Å². The van der Waals surface area contributed by atoms with Gasteiger partial charge in [-0.2, -0.15) is 0 Å². The summed E-state index contributed by atoms with van der Waals surface area (Å²) in [5, 5.41) is 46.1. The van der Waals surface area contributed by atoms with Crippen molar-refractivity contribution in [3.8, 4) is 5.75 Å². The van der Waals surface area contributed by atoms with Crippen molar-refractivity contribution in [2.24, 2.45) is 5.92 Å². The Balaban J connectivity index is 1.80.